The summed E-state index contributed by atoms with van der Waals surface area (Å²) < 4.78 is 41.1. The van der Waals surface area contributed by atoms with E-state index in [4.69, 9.17) is 25.8 Å². The lowest BCUT2D eigenvalue weighted by atomic mass is 9.68. The van der Waals surface area contributed by atoms with Crippen molar-refractivity contribution in [1.82, 2.24) is 14.5 Å². The molecule has 1 saturated carbocycles. The van der Waals surface area contributed by atoms with Gasteiger partial charge in [0.05, 0.1) is 36.9 Å². The number of carbonyl (C=O) groups excluding carboxylic acids is 2. The first-order valence-electron chi connectivity index (χ1n) is 18.2. The zero-order chi connectivity index (χ0) is 37.7. The topological polar surface area (TPSA) is 145 Å². The van der Waals surface area contributed by atoms with Crippen LogP contribution < -0.4 is 19.1 Å². The maximum Gasteiger partial charge on any atom is 0.286 e. The van der Waals surface area contributed by atoms with E-state index >= 15 is 0 Å². The second-order valence-corrected chi connectivity index (χ2v) is 17.8. The van der Waals surface area contributed by atoms with Crippen LogP contribution in [0, 0.1) is 17.8 Å². The van der Waals surface area contributed by atoms with Crippen LogP contribution in [0.5, 0.6) is 11.6 Å². The third-order valence-electron chi connectivity index (χ3n) is 11.9. The van der Waals surface area contributed by atoms with Gasteiger partial charge in [0.25, 0.3) is 11.8 Å². The second-order valence-electron chi connectivity index (χ2n) is 15.1. The van der Waals surface area contributed by atoms with Gasteiger partial charge >= 0.3 is 0 Å². The molecule has 14 heteroatoms. The lowest BCUT2D eigenvalue weighted by Gasteiger charge is -2.46. The Morgan fingerprint density at radius 3 is 2.70 bits per heavy atom. The zero-order valence-electron chi connectivity index (χ0n) is 30.8. The van der Waals surface area contributed by atoms with Gasteiger partial charge in [0.15, 0.2) is 0 Å². The number of rotatable bonds is 4. The van der Waals surface area contributed by atoms with Crippen LogP contribution in [0.2, 0.25) is 5.02 Å². The number of amides is 2. The fraction of sp³-hybridized carbons (Fsp3) is 0.513. The van der Waals surface area contributed by atoms with Crippen molar-refractivity contribution in [3.8, 4) is 11.6 Å². The minimum absolute atomic E-state index is 0.0309. The lowest BCUT2D eigenvalue weighted by molar-refractivity contribution is 0.0124. The molecule has 0 radical (unpaired) electrons. The Hall–Kier alpha value is -3.91. The molecule has 53 heavy (non-hydrogen) atoms. The van der Waals surface area contributed by atoms with E-state index in [-0.39, 0.29) is 40.4 Å². The first-order valence-corrected chi connectivity index (χ1v) is 20.2. The molecule has 2 bridgehead atoms. The van der Waals surface area contributed by atoms with E-state index in [2.05, 4.69) is 31.2 Å². The first kappa shape index (κ1) is 37.4. The fourth-order valence-corrected chi connectivity index (χ4v) is 10.5. The molecular weight excluding hydrogens is 718 g/mol. The molecular formula is C39H48ClN5O7S. The largest absolute Gasteiger partial charge is 0.490 e. The molecule has 3 heterocycles. The molecule has 2 N–H and O–H groups in total. The molecule has 1 fully saturated rings. The Morgan fingerprint density at radius 2 is 1.96 bits per heavy atom. The number of aliphatic hydroxyl groups excluding tert-OH is 1. The number of hydrogen-bond acceptors (Lipinski definition) is 9. The van der Waals surface area contributed by atoms with Crippen LogP contribution in [0.25, 0.3) is 0 Å². The minimum Gasteiger partial charge on any atom is -0.490 e. The number of aryl methyl sites for hydroxylation is 2. The third kappa shape index (κ3) is 7.08. The second kappa shape index (κ2) is 14.7. The number of nitrogens with one attached hydrogen (secondary N) is 1. The van der Waals surface area contributed by atoms with Crippen molar-refractivity contribution < 1.29 is 33.1 Å². The molecule has 1 spiro atoms. The van der Waals surface area contributed by atoms with Gasteiger partial charge in [-0.25, -0.2) is 4.21 Å². The predicted molar refractivity (Wildman–Crippen MR) is 203 cm³/mol. The molecule has 2 amide bonds. The summed E-state index contributed by atoms with van der Waals surface area (Å²) in [5, 5.41) is 15.3. The Bertz CT molecular complexity index is 2060. The van der Waals surface area contributed by atoms with Crippen LogP contribution in [0.15, 0.2) is 59.1 Å². The van der Waals surface area contributed by atoms with Crippen LogP contribution in [-0.4, -0.2) is 82.3 Å². The van der Waals surface area contributed by atoms with Crippen molar-refractivity contribution in [1.29, 1.82) is 0 Å². The molecule has 3 aromatic rings. The quantitative estimate of drug-likeness (QED) is 0.329. The SMILES string of the molecule is COc1nn(C)cc1C(=O)NS1(=O)=NC(=O)c2ccc3c(c2)N(C[C@@H]2CC[C@H]2[C@@H](OC)C=C[C@H](O)[C@H](C)[C@H]1C)C[C@@]1(CCCc2cc(Cl)ccc21)CO3. The van der Waals surface area contributed by atoms with Gasteiger partial charge in [0.2, 0.25) is 5.88 Å². The van der Waals surface area contributed by atoms with Crippen molar-refractivity contribution in [3.63, 3.8) is 0 Å². The van der Waals surface area contributed by atoms with Crippen molar-refractivity contribution in [2.24, 2.45) is 29.2 Å². The number of benzene rings is 2. The predicted octanol–water partition coefficient (Wildman–Crippen LogP) is 5.50. The number of nitrogens with zero attached hydrogens (tertiary/aromatic N) is 4. The van der Waals surface area contributed by atoms with Crippen LogP contribution >= 0.6 is 11.6 Å². The molecule has 1 unspecified atom stereocenters. The highest BCUT2D eigenvalue weighted by molar-refractivity contribution is 7.93. The van der Waals surface area contributed by atoms with Gasteiger partial charge in [0.1, 0.15) is 21.2 Å². The molecule has 2 aromatic carbocycles. The van der Waals surface area contributed by atoms with Crippen molar-refractivity contribution in [2.75, 3.05) is 38.8 Å². The Labute approximate surface area is 316 Å². The van der Waals surface area contributed by atoms with Crippen LogP contribution in [0.3, 0.4) is 0 Å². The summed E-state index contributed by atoms with van der Waals surface area (Å²) in [7, 11) is 0.819. The van der Waals surface area contributed by atoms with Gasteiger partial charge in [-0.15, -0.1) is 9.46 Å². The summed E-state index contributed by atoms with van der Waals surface area (Å²) in [6.07, 6.45) is 8.52. The van der Waals surface area contributed by atoms with Gasteiger partial charge in [-0.3, -0.25) is 19.0 Å². The molecule has 2 aliphatic heterocycles. The lowest BCUT2D eigenvalue weighted by Crippen LogP contribution is -2.49. The number of carbonyl (C=O) groups is 2. The van der Waals surface area contributed by atoms with Crippen molar-refractivity contribution >= 4 is 39.0 Å². The molecule has 4 aliphatic rings. The average Bonchev–Trinajstić information content (AvgIpc) is 3.45. The van der Waals surface area contributed by atoms with E-state index in [1.165, 1.54) is 29.1 Å². The third-order valence-corrected chi connectivity index (χ3v) is 14.5. The van der Waals surface area contributed by atoms with Crippen molar-refractivity contribution in [3.05, 3.63) is 82.0 Å². The maximum atomic E-state index is 14.9. The Kier molecular flexibility index (Phi) is 10.4. The molecule has 2 aliphatic carbocycles. The maximum absolute atomic E-state index is 14.9. The number of methoxy groups -OCH3 is 2. The number of ether oxygens (including phenoxy) is 3. The van der Waals surface area contributed by atoms with Gasteiger partial charge < -0.3 is 24.2 Å². The highest BCUT2D eigenvalue weighted by Crippen LogP contribution is 2.47. The fourth-order valence-electron chi connectivity index (χ4n) is 8.48. The van der Waals surface area contributed by atoms with E-state index in [0.717, 1.165) is 37.8 Å². The van der Waals surface area contributed by atoms with E-state index in [9.17, 15) is 18.9 Å². The monoisotopic (exact) mass is 765 g/mol. The summed E-state index contributed by atoms with van der Waals surface area (Å²) in [5.41, 5.74) is 3.16. The number of anilines is 1. The smallest absolute Gasteiger partial charge is 0.286 e. The van der Waals surface area contributed by atoms with E-state index in [0.29, 0.717) is 30.5 Å². The first-order chi connectivity index (χ1) is 25.3. The number of aliphatic hydroxyl groups is 1. The van der Waals surface area contributed by atoms with Crippen LogP contribution in [0.1, 0.15) is 71.4 Å². The molecule has 12 nitrogen and oxygen atoms in total. The molecule has 0 saturated heterocycles. The number of fused-ring (bicyclic) bond motifs is 4. The van der Waals surface area contributed by atoms with Gasteiger partial charge in [-0.05, 0) is 92.3 Å². The standard InChI is InChI=1S/C39H48ClN5O7S/c1-23-24(2)53(49,43-37(48)30-20-44(3)41-38(30)51-5)42-36(47)26-9-14-35-32(18-26)45(19-27-8-11-29(27)34(50-4)15-13-33(23)46)21-39(22-52-35)16-6-7-25-17-28(40)10-12-31(25)39/h9-10,12-15,17-18,20,23-24,27,29,33-34,46H,6-8,11,16,19,21-22H2,1-5H3,(H,42,43,47,48,49)/t23-,24-,27+,29-,33+,34+,39+,53?/m1/s1. The highest BCUT2D eigenvalue weighted by atomic mass is 35.5. The minimum atomic E-state index is -3.87. The number of hydrogen-bond donors (Lipinski definition) is 2. The normalized spacial score (nSPS) is 31.3. The number of aromatic nitrogens is 2. The zero-order valence-corrected chi connectivity index (χ0v) is 32.4. The van der Waals surface area contributed by atoms with Gasteiger partial charge in [0, 0.05) is 55.4 Å². The average molecular weight is 766 g/mol. The molecule has 7 rings (SSSR count). The summed E-state index contributed by atoms with van der Waals surface area (Å²) in [5.74, 6) is -1.05. The van der Waals surface area contributed by atoms with Crippen LogP contribution in [-0.2, 0) is 33.5 Å². The van der Waals surface area contributed by atoms with Gasteiger partial charge in [-0.1, -0.05) is 36.7 Å². The van der Waals surface area contributed by atoms with Crippen molar-refractivity contribution in [2.45, 2.75) is 68.8 Å². The summed E-state index contributed by atoms with van der Waals surface area (Å²) in [6, 6.07) is 11.3. The van der Waals surface area contributed by atoms with Crippen LogP contribution in [0.4, 0.5) is 5.69 Å². The summed E-state index contributed by atoms with van der Waals surface area (Å²) in [4.78, 5) is 30.2. The van der Waals surface area contributed by atoms with Gasteiger partial charge in [-0.2, -0.15) is 0 Å². The van der Waals surface area contributed by atoms with E-state index in [1.54, 1.807) is 52.3 Å². The Morgan fingerprint density at radius 1 is 1.15 bits per heavy atom. The highest BCUT2D eigenvalue weighted by Gasteiger charge is 2.45. The molecule has 8 atom stereocenters. The summed E-state index contributed by atoms with van der Waals surface area (Å²) >= 11 is 6.46. The Balaban J connectivity index is 1.34. The summed E-state index contributed by atoms with van der Waals surface area (Å²) in [6.45, 7) is 5.15. The number of halogens is 1. The molecule has 1 aromatic heterocycles. The van der Waals surface area contributed by atoms with E-state index in [1.807, 2.05) is 12.1 Å². The van der Waals surface area contributed by atoms with E-state index < -0.39 is 39.0 Å². The molecule has 284 valence electrons.